The van der Waals surface area contributed by atoms with Gasteiger partial charge in [-0.05, 0) is 30.2 Å². The molecule has 2 bridgehead atoms. The van der Waals surface area contributed by atoms with Crippen LogP contribution in [0.5, 0.6) is 0 Å². The van der Waals surface area contributed by atoms with Crippen molar-refractivity contribution >= 4 is 23.4 Å². The van der Waals surface area contributed by atoms with Crippen molar-refractivity contribution in [2.24, 2.45) is 5.11 Å². The summed E-state index contributed by atoms with van der Waals surface area (Å²) < 4.78 is 10.6. The maximum atomic E-state index is 12.0. The van der Waals surface area contributed by atoms with Crippen molar-refractivity contribution in [1.82, 2.24) is 0 Å². The van der Waals surface area contributed by atoms with Crippen LogP contribution in [0.2, 0.25) is 5.02 Å². The Morgan fingerprint density at radius 3 is 3.00 bits per heavy atom. The number of ether oxygens (including phenoxy) is 2. The summed E-state index contributed by atoms with van der Waals surface area (Å²) in [6.45, 7) is 0. The zero-order chi connectivity index (χ0) is 15.0. The SMILES string of the molecule is [N-]=[N+]=N[C@H]1C[C@H]2O[C@@H]1[C@H](OC(=O)c1cccc(Cl)c1)C2=O. The Morgan fingerprint density at radius 1 is 1.52 bits per heavy atom. The first-order valence-electron chi connectivity index (χ1n) is 6.30. The van der Waals surface area contributed by atoms with Gasteiger partial charge in [0.25, 0.3) is 0 Å². The first-order valence-corrected chi connectivity index (χ1v) is 6.68. The van der Waals surface area contributed by atoms with E-state index in [9.17, 15) is 9.59 Å². The minimum Gasteiger partial charge on any atom is -0.448 e. The van der Waals surface area contributed by atoms with E-state index in [0.717, 1.165) is 0 Å². The summed E-state index contributed by atoms with van der Waals surface area (Å²) in [7, 11) is 0. The van der Waals surface area contributed by atoms with E-state index in [0.29, 0.717) is 11.4 Å². The maximum Gasteiger partial charge on any atom is 0.338 e. The molecule has 8 heteroatoms. The van der Waals surface area contributed by atoms with Gasteiger partial charge in [0.15, 0.2) is 6.10 Å². The number of carbonyl (C=O) groups excluding carboxylic acids is 2. The lowest BCUT2D eigenvalue weighted by Gasteiger charge is -2.22. The predicted molar refractivity (Wildman–Crippen MR) is 71.9 cm³/mol. The Balaban J connectivity index is 1.77. The second kappa shape index (κ2) is 5.37. The average molecular weight is 308 g/mol. The van der Waals surface area contributed by atoms with Crippen molar-refractivity contribution in [1.29, 1.82) is 0 Å². The summed E-state index contributed by atoms with van der Waals surface area (Å²) >= 11 is 5.81. The maximum absolute atomic E-state index is 12.0. The third kappa shape index (κ3) is 2.47. The molecule has 0 amide bonds. The Bertz CT molecular complexity index is 659. The van der Waals surface area contributed by atoms with Gasteiger partial charge in [0, 0.05) is 9.93 Å². The lowest BCUT2D eigenvalue weighted by atomic mass is 9.92. The van der Waals surface area contributed by atoms with Crippen molar-refractivity contribution in [2.75, 3.05) is 0 Å². The first kappa shape index (κ1) is 13.9. The molecule has 2 aliphatic rings. The fourth-order valence-electron chi connectivity index (χ4n) is 2.59. The minimum absolute atomic E-state index is 0.249. The number of ketones is 1. The van der Waals surface area contributed by atoms with Gasteiger partial charge in [0.1, 0.15) is 12.2 Å². The van der Waals surface area contributed by atoms with Gasteiger partial charge in [-0.3, -0.25) is 4.79 Å². The van der Waals surface area contributed by atoms with Crippen LogP contribution in [0.25, 0.3) is 10.4 Å². The van der Waals surface area contributed by atoms with Gasteiger partial charge < -0.3 is 9.47 Å². The molecule has 0 saturated carbocycles. The van der Waals surface area contributed by atoms with Crippen molar-refractivity contribution in [2.45, 2.75) is 30.8 Å². The molecule has 2 aliphatic heterocycles. The standard InChI is InChI=1S/C13H10ClN3O4/c14-7-3-1-2-6(4-7)13(19)21-12-10(18)9-5-8(16-17-15)11(12)20-9/h1-4,8-9,11-12H,5H2/t8-,9+,11-,12+/m0/s1. The van der Waals surface area contributed by atoms with Crippen LogP contribution in [0.15, 0.2) is 29.4 Å². The summed E-state index contributed by atoms with van der Waals surface area (Å²) in [6, 6.07) is 5.74. The molecule has 0 aromatic heterocycles. The van der Waals surface area contributed by atoms with Crippen LogP contribution in [0.1, 0.15) is 16.8 Å². The fourth-order valence-corrected chi connectivity index (χ4v) is 2.78. The van der Waals surface area contributed by atoms with E-state index in [-0.39, 0.29) is 11.3 Å². The van der Waals surface area contributed by atoms with E-state index in [2.05, 4.69) is 10.0 Å². The van der Waals surface area contributed by atoms with Gasteiger partial charge in [-0.1, -0.05) is 22.8 Å². The molecule has 1 aromatic rings. The number of benzene rings is 1. The van der Waals surface area contributed by atoms with Crippen molar-refractivity contribution in [3.05, 3.63) is 45.3 Å². The molecule has 21 heavy (non-hydrogen) atoms. The highest BCUT2D eigenvalue weighted by Gasteiger charge is 2.55. The number of Topliss-reactive ketones (excluding diaryl/α,β-unsaturated/α-hetero) is 1. The fraction of sp³-hybridized carbons (Fsp3) is 0.385. The van der Waals surface area contributed by atoms with E-state index in [4.69, 9.17) is 26.6 Å². The van der Waals surface area contributed by atoms with Crippen LogP contribution in [0.3, 0.4) is 0 Å². The number of nitrogens with zero attached hydrogens (tertiary/aromatic N) is 3. The Morgan fingerprint density at radius 2 is 2.33 bits per heavy atom. The van der Waals surface area contributed by atoms with Gasteiger partial charge in [0.2, 0.25) is 5.78 Å². The van der Waals surface area contributed by atoms with Gasteiger partial charge in [-0.25, -0.2) is 4.79 Å². The van der Waals surface area contributed by atoms with Gasteiger partial charge in [-0.2, -0.15) is 0 Å². The second-order valence-electron chi connectivity index (χ2n) is 4.84. The molecular formula is C13H10ClN3O4. The van der Waals surface area contributed by atoms with E-state index in [1.165, 1.54) is 12.1 Å². The van der Waals surface area contributed by atoms with Crippen molar-refractivity contribution in [3.8, 4) is 0 Å². The average Bonchev–Trinajstić information content (AvgIpc) is 2.99. The molecule has 2 fully saturated rings. The monoisotopic (exact) mass is 307 g/mol. The van der Waals surface area contributed by atoms with Gasteiger partial charge in [-0.15, -0.1) is 0 Å². The van der Waals surface area contributed by atoms with E-state index >= 15 is 0 Å². The van der Waals surface area contributed by atoms with Crippen LogP contribution >= 0.6 is 11.6 Å². The number of hydrogen-bond donors (Lipinski definition) is 0. The molecule has 108 valence electrons. The molecule has 0 radical (unpaired) electrons. The van der Waals surface area contributed by atoms with E-state index in [1.54, 1.807) is 12.1 Å². The molecule has 0 N–H and O–H groups in total. The third-order valence-electron chi connectivity index (χ3n) is 3.55. The largest absolute Gasteiger partial charge is 0.448 e. The number of fused-ring (bicyclic) bond motifs is 2. The molecule has 4 atom stereocenters. The molecule has 2 heterocycles. The molecule has 1 aromatic carbocycles. The lowest BCUT2D eigenvalue weighted by molar-refractivity contribution is -0.128. The molecular weight excluding hydrogens is 298 g/mol. The Kier molecular flexibility index (Phi) is 3.55. The smallest absolute Gasteiger partial charge is 0.338 e. The molecule has 2 saturated heterocycles. The number of rotatable bonds is 3. The number of azide groups is 1. The van der Waals surface area contributed by atoms with E-state index < -0.39 is 30.3 Å². The number of halogens is 1. The summed E-state index contributed by atoms with van der Waals surface area (Å²) in [6.07, 6.45) is -2.08. The highest BCUT2D eigenvalue weighted by atomic mass is 35.5. The van der Waals surface area contributed by atoms with Gasteiger partial charge >= 0.3 is 5.97 Å². The number of hydrogen-bond acceptors (Lipinski definition) is 5. The normalized spacial score (nSPS) is 30.0. The van der Waals surface area contributed by atoms with Crippen molar-refractivity contribution < 1.29 is 19.1 Å². The quantitative estimate of drug-likeness (QED) is 0.370. The number of esters is 1. The Hall–Kier alpha value is -2.08. The molecule has 0 aliphatic carbocycles. The summed E-state index contributed by atoms with van der Waals surface area (Å²) in [5.41, 5.74) is 8.74. The van der Waals surface area contributed by atoms with Crippen LogP contribution in [-0.4, -0.2) is 36.1 Å². The van der Waals surface area contributed by atoms with Crippen LogP contribution in [0.4, 0.5) is 0 Å². The highest BCUT2D eigenvalue weighted by molar-refractivity contribution is 6.30. The topological polar surface area (TPSA) is 101 Å². The molecule has 0 unspecified atom stereocenters. The van der Waals surface area contributed by atoms with Crippen LogP contribution in [-0.2, 0) is 14.3 Å². The summed E-state index contributed by atoms with van der Waals surface area (Å²) in [5.74, 6) is -0.952. The summed E-state index contributed by atoms with van der Waals surface area (Å²) in [5, 5.41) is 3.97. The number of carbonyl (C=O) groups is 2. The first-order chi connectivity index (χ1) is 10.1. The second-order valence-corrected chi connectivity index (χ2v) is 5.27. The third-order valence-corrected chi connectivity index (χ3v) is 3.78. The minimum atomic E-state index is -1.04. The lowest BCUT2D eigenvalue weighted by Crippen LogP contribution is -2.43. The highest BCUT2D eigenvalue weighted by Crippen LogP contribution is 2.36. The van der Waals surface area contributed by atoms with E-state index in [1.807, 2.05) is 0 Å². The zero-order valence-electron chi connectivity index (χ0n) is 10.7. The zero-order valence-corrected chi connectivity index (χ0v) is 11.4. The Labute approximate surface area is 124 Å². The van der Waals surface area contributed by atoms with Crippen LogP contribution < -0.4 is 0 Å². The molecule has 0 spiro atoms. The van der Waals surface area contributed by atoms with Crippen LogP contribution in [0, 0.1) is 0 Å². The predicted octanol–water partition coefficient (Wildman–Crippen LogP) is 2.28. The summed E-state index contributed by atoms with van der Waals surface area (Å²) in [4.78, 5) is 26.8. The molecule has 3 rings (SSSR count). The van der Waals surface area contributed by atoms with Gasteiger partial charge in [0.05, 0.1) is 11.6 Å². The van der Waals surface area contributed by atoms with Crippen molar-refractivity contribution in [3.63, 3.8) is 0 Å². The molecule has 7 nitrogen and oxygen atoms in total.